The second-order valence-electron chi connectivity index (χ2n) is 3.96. The van der Waals surface area contributed by atoms with Gasteiger partial charge in [-0.1, -0.05) is 31.3 Å². The number of aliphatic hydroxyl groups excluding tert-OH is 1. The Morgan fingerprint density at radius 3 is 2.75 bits per heavy atom. The first-order valence-corrected chi connectivity index (χ1v) is 6.37. The van der Waals surface area contributed by atoms with Gasteiger partial charge in [0.05, 0.1) is 12.5 Å². The van der Waals surface area contributed by atoms with E-state index in [-0.39, 0.29) is 12.3 Å². The summed E-state index contributed by atoms with van der Waals surface area (Å²) in [5.41, 5.74) is 0.355. The number of hydrogen-bond donors (Lipinski definition) is 2. The standard InChI is InChI=1S/C10H13NO3S2/c1-3-6-8(9(14)15)11-7(13)4-10(11,16-6)5(2)12/h5,12H,3-4H2,1-2H3,(H,14,15)/t5?,10-/m0/s1. The van der Waals surface area contributed by atoms with Crippen LogP contribution in [0.5, 0.6) is 0 Å². The lowest BCUT2D eigenvalue weighted by Gasteiger charge is -2.48. The first kappa shape index (κ1) is 12.0. The largest absolute Gasteiger partial charge is 0.390 e. The highest BCUT2D eigenvalue weighted by Crippen LogP contribution is 2.57. The number of carbonyl (C=O) groups excluding carboxylic acids is 2. The summed E-state index contributed by atoms with van der Waals surface area (Å²) in [5.74, 6) is -0.116. The van der Waals surface area contributed by atoms with Crippen LogP contribution in [0, 0.1) is 0 Å². The van der Waals surface area contributed by atoms with Crippen LogP contribution in [-0.2, 0) is 9.59 Å². The zero-order valence-corrected chi connectivity index (χ0v) is 10.8. The van der Waals surface area contributed by atoms with Gasteiger partial charge in [0, 0.05) is 4.91 Å². The molecular weight excluding hydrogens is 246 g/mol. The number of thioether (sulfide) groups is 1. The summed E-state index contributed by atoms with van der Waals surface area (Å²) in [7, 11) is 0. The summed E-state index contributed by atoms with van der Waals surface area (Å²) in [5, 5.41) is 9.38. The fourth-order valence-corrected chi connectivity index (χ4v) is 3.96. The van der Waals surface area contributed by atoms with Crippen molar-refractivity contribution in [3.05, 3.63) is 10.6 Å². The minimum absolute atomic E-state index is 0.116. The molecule has 0 aliphatic carbocycles. The molecule has 1 N–H and O–H groups in total. The highest BCUT2D eigenvalue weighted by atomic mass is 32.2. The van der Waals surface area contributed by atoms with E-state index in [1.54, 1.807) is 6.92 Å². The molecule has 1 unspecified atom stereocenters. The number of aliphatic hydroxyl groups is 1. The van der Waals surface area contributed by atoms with Crippen LogP contribution in [0.3, 0.4) is 0 Å². The molecule has 0 bridgehead atoms. The van der Waals surface area contributed by atoms with Gasteiger partial charge in [0.25, 0.3) is 0 Å². The van der Waals surface area contributed by atoms with Crippen molar-refractivity contribution in [2.45, 2.75) is 37.7 Å². The van der Waals surface area contributed by atoms with Crippen LogP contribution < -0.4 is 0 Å². The van der Waals surface area contributed by atoms with Gasteiger partial charge >= 0.3 is 0 Å². The number of thiol groups is 1. The van der Waals surface area contributed by atoms with Crippen molar-refractivity contribution in [2.75, 3.05) is 0 Å². The number of allylic oxidation sites excluding steroid dienone is 1. The second-order valence-corrected chi connectivity index (χ2v) is 5.77. The molecular formula is C10H13NO3S2. The van der Waals surface area contributed by atoms with E-state index >= 15 is 0 Å². The molecule has 2 rings (SSSR count). The topological polar surface area (TPSA) is 57.6 Å². The minimum atomic E-state index is -0.665. The van der Waals surface area contributed by atoms with E-state index in [1.807, 2.05) is 6.92 Å². The second kappa shape index (κ2) is 3.78. The molecule has 0 radical (unpaired) electrons. The smallest absolute Gasteiger partial charge is 0.233 e. The molecule has 1 fully saturated rings. The number of amides is 1. The maximum atomic E-state index is 11.6. The molecule has 4 nitrogen and oxygen atoms in total. The van der Waals surface area contributed by atoms with Crippen LogP contribution in [0.15, 0.2) is 10.6 Å². The average molecular weight is 259 g/mol. The molecule has 0 spiro atoms. The third-order valence-corrected chi connectivity index (χ3v) is 4.96. The molecule has 0 aromatic heterocycles. The van der Waals surface area contributed by atoms with Gasteiger partial charge in [0.2, 0.25) is 11.0 Å². The SMILES string of the molecule is CCC1=C(C(=O)S)N2C(=O)C[C@@]2(C(C)O)S1. The Morgan fingerprint density at radius 2 is 2.38 bits per heavy atom. The predicted octanol–water partition coefficient (Wildman–Crippen LogP) is 1.12. The van der Waals surface area contributed by atoms with Crippen LogP contribution in [0.25, 0.3) is 0 Å². The number of nitrogens with zero attached hydrogens (tertiary/aromatic N) is 1. The Morgan fingerprint density at radius 1 is 1.75 bits per heavy atom. The Labute approximate surface area is 103 Å². The number of hydrogen-bond acceptors (Lipinski definition) is 4. The fraction of sp³-hybridized carbons (Fsp3) is 0.600. The third kappa shape index (κ3) is 1.36. The van der Waals surface area contributed by atoms with Crippen molar-refractivity contribution in [2.24, 2.45) is 0 Å². The molecule has 0 aromatic rings. The molecule has 1 amide bonds. The van der Waals surface area contributed by atoms with Gasteiger partial charge in [-0.15, -0.1) is 0 Å². The van der Waals surface area contributed by atoms with Crippen molar-refractivity contribution in [1.29, 1.82) is 0 Å². The number of rotatable bonds is 3. The average Bonchev–Trinajstić information content (AvgIpc) is 2.47. The van der Waals surface area contributed by atoms with Crippen molar-refractivity contribution >= 4 is 35.4 Å². The molecule has 1 saturated heterocycles. The summed E-state index contributed by atoms with van der Waals surface area (Å²) in [4.78, 5) is 24.6. The van der Waals surface area contributed by atoms with Gasteiger partial charge in [-0.3, -0.25) is 14.5 Å². The van der Waals surface area contributed by atoms with Crippen LogP contribution >= 0.6 is 24.4 Å². The van der Waals surface area contributed by atoms with Gasteiger partial charge in [-0.05, 0) is 13.3 Å². The lowest BCUT2D eigenvalue weighted by molar-refractivity contribution is -0.151. The lowest BCUT2D eigenvalue weighted by Crippen LogP contribution is -2.64. The normalized spacial score (nSPS) is 30.2. The molecule has 16 heavy (non-hydrogen) atoms. The summed E-state index contributed by atoms with van der Waals surface area (Å²) >= 11 is 5.22. The van der Waals surface area contributed by atoms with Crippen LogP contribution in [0.1, 0.15) is 26.7 Å². The van der Waals surface area contributed by atoms with Gasteiger partial charge in [0.15, 0.2) is 0 Å². The minimum Gasteiger partial charge on any atom is -0.390 e. The van der Waals surface area contributed by atoms with Gasteiger partial charge in [-0.25, -0.2) is 0 Å². The van der Waals surface area contributed by atoms with Gasteiger partial charge in [0.1, 0.15) is 10.6 Å². The molecule has 0 saturated carbocycles. The van der Waals surface area contributed by atoms with Crippen molar-refractivity contribution in [3.8, 4) is 0 Å². The molecule has 6 heteroatoms. The van der Waals surface area contributed by atoms with Crippen molar-refractivity contribution < 1.29 is 14.7 Å². The Hall–Kier alpha value is -0.460. The molecule has 2 heterocycles. The van der Waals surface area contributed by atoms with E-state index in [0.717, 1.165) is 4.91 Å². The molecule has 2 aliphatic rings. The fourth-order valence-electron chi connectivity index (χ4n) is 2.15. The van der Waals surface area contributed by atoms with E-state index in [9.17, 15) is 14.7 Å². The van der Waals surface area contributed by atoms with E-state index in [4.69, 9.17) is 0 Å². The maximum absolute atomic E-state index is 11.6. The first-order valence-electron chi connectivity index (χ1n) is 5.10. The predicted molar refractivity (Wildman–Crippen MR) is 64.8 cm³/mol. The van der Waals surface area contributed by atoms with E-state index in [0.29, 0.717) is 12.1 Å². The van der Waals surface area contributed by atoms with E-state index in [1.165, 1.54) is 16.7 Å². The Balaban J connectivity index is 2.43. The zero-order chi connectivity index (χ0) is 12.1. The zero-order valence-electron chi connectivity index (χ0n) is 9.06. The summed E-state index contributed by atoms with van der Waals surface area (Å²) in [6, 6.07) is 0. The van der Waals surface area contributed by atoms with Gasteiger partial charge in [-0.2, -0.15) is 0 Å². The number of carbonyl (C=O) groups is 2. The van der Waals surface area contributed by atoms with Crippen LogP contribution in [-0.4, -0.2) is 32.0 Å². The number of β-lactam (4-membered cyclic amide) rings is 1. The number of fused-ring (bicyclic) bond motifs is 1. The molecule has 2 atom stereocenters. The van der Waals surface area contributed by atoms with E-state index < -0.39 is 16.1 Å². The summed E-state index contributed by atoms with van der Waals surface area (Å²) < 4.78 is 0. The van der Waals surface area contributed by atoms with Crippen LogP contribution in [0.4, 0.5) is 0 Å². The highest BCUT2D eigenvalue weighted by Gasteiger charge is 2.61. The molecule has 88 valence electrons. The van der Waals surface area contributed by atoms with Crippen molar-refractivity contribution in [3.63, 3.8) is 0 Å². The third-order valence-electron chi connectivity index (χ3n) is 3.00. The quantitative estimate of drug-likeness (QED) is 0.589. The Kier molecular flexibility index (Phi) is 2.84. The van der Waals surface area contributed by atoms with Crippen molar-refractivity contribution in [1.82, 2.24) is 4.90 Å². The first-order chi connectivity index (χ1) is 7.44. The van der Waals surface area contributed by atoms with Crippen LogP contribution in [0.2, 0.25) is 0 Å². The Bertz CT molecular complexity index is 405. The van der Waals surface area contributed by atoms with Gasteiger partial charge < -0.3 is 5.11 Å². The van der Waals surface area contributed by atoms with E-state index in [2.05, 4.69) is 12.6 Å². The lowest BCUT2D eigenvalue weighted by atomic mass is 9.95. The molecule has 2 aliphatic heterocycles. The molecule has 0 aromatic carbocycles. The summed E-state index contributed by atoms with van der Waals surface area (Å²) in [6.07, 6.45) is 0.287. The summed E-state index contributed by atoms with van der Waals surface area (Å²) in [6.45, 7) is 3.57. The highest BCUT2D eigenvalue weighted by molar-refractivity contribution is 8.05. The maximum Gasteiger partial charge on any atom is 0.233 e. The monoisotopic (exact) mass is 259 g/mol.